The van der Waals surface area contributed by atoms with Crippen LogP contribution in [0.4, 0.5) is 0 Å². The van der Waals surface area contributed by atoms with E-state index in [-0.39, 0.29) is 18.1 Å². The van der Waals surface area contributed by atoms with Crippen molar-refractivity contribution in [3.8, 4) is 11.5 Å². The molecule has 2 unspecified atom stereocenters. The van der Waals surface area contributed by atoms with Crippen molar-refractivity contribution in [2.75, 3.05) is 13.7 Å². The van der Waals surface area contributed by atoms with Gasteiger partial charge in [-0.3, -0.25) is 10.1 Å². The van der Waals surface area contributed by atoms with Gasteiger partial charge in [-0.2, -0.15) is 0 Å². The van der Waals surface area contributed by atoms with Crippen LogP contribution in [0.25, 0.3) is 0 Å². The smallest absolute Gasteiger partial charge is 0.323 e. The maximum Gasteiger partial charge on any atom is 0.323 e. The number of nitrogens with one attached hydrogen (secondary N) is 1. The zero-order chi connectivity index (χ0) is 30.2. The molecule has 0 saturated carbocycles. The van der Waals surface area contributed by atoms with Crippen LogP contribution >= 0.6 is 23.2 Å². The monoisotopic (exact) mass is 619 g/mol. The number of ether oxygens (including phenoxy) is 4. The number of rotatable bonds is 12. The summed E-state index contributed by atoms with van der Waals surface area (Å²) in [5, 5.41) is 4.53. The molecule has 8 heteroatoms. The van der Waals surface area contributed by atoms with Gasteiger partial charge in [0.15, 0.2) is 17.6 Å². The predicted molar refractivity (Wildman–Crippen MR) is 169 cm³/mol. The molecule has 43 heavy (non-hydrogen) atoms. The molecule has 5 rings (SSSR count). The van der Waals surface area contributed by atoms with Gasteiger partial charge in [-0.25, -0.2) is 0 Å². The Kier molecular flexibility index (Phi) is 10.6. The molecule has 4 aromatic rings. The number of carbonyl (C=O) groups is 1. The summed E-state index contributed by atoms with van der Waals surface area (Å²) in [6.07, 6.45) is 1.04. The molecule has 0 amide bonds. The first kappa shape index (κ1) is 30.9. The van der Waals surface area contributed by atoms with E-state index in [2.05, 4.69) is 30.4 Å². The average molecular weight is 621 g/mol. The van der Waals surface area contributed by atoms with Crippen LogP contribution in [0.3, 0.4) is 0 Å². The van der Waals surface area contributed by atoms with E-state index in [0.29, 0.717) is 47.8 Å². The lowest BCUT2D eigenvalue weighted by Gasteiger charge is -2.28. The molecule has 0 aliphatic carbocycles. The van der Waals surface area contributed by atoms with E-state index in [4.69, 9.17) is 42.1 Å². The lowest BCUT2D eigenvalue weighted by Crippen LogP contribution is -2.41. The second-order valence-corrected chi connectivity index (χ2v) is 11.3. The molecule has 0 spiro atoms. The molecule has 4 aromatic carbocycles. The molecule has 0 radical (unpaired) electrons. The first-order valence-electron chi connectivity index (χ1n) is 14.3. The summed E-state index contributed by atoms with van der Waals surface area (Å²) < 4.78 is 23.5. The van der Waals surface area contributed by atoms with E-state index >= 15 is 0 Å². The van der Waals surface area contributed by atoms with Crippen molar-refractivity contribution in [2.24, 2.45) is 0 Å². The normalized spacial score (nSPS) is 15.5. The van der Waals surface area contributed by atoms with Crippen LogP contribution in [-0.2, 0) is 33.9 Å². The molecule has 1 heterocycles. The largest absolute Gasteiger partial charge is 0.485 e. The number of halogens is 2. The Balaban J connectivity index is 1.21. The molecule has 224 valence electrons. The molecule has 1 aliphatic rings. The van der Waals surface area contributed by atoms with E-state index in [0.717, 1.165) is 34.2 Å². The Labute approximate surface area is 262 Å². The summed E-state index contributed by atoms with van der Waals surface area (Å²) in [6, 6.07) is 29.1. The maximum absolute atomic E-state index is 12.7. The van der Waals surface area contributed by atoms with Crippen LogP contribution < -0.4 is 14.8 Å². The van der Waals surface area contributed by atoms with Crippen molar-refractivity contribution in [3.05, 3.63) is 129 Å². The third-order valence-corrected chi connectivity index (χ3v) is 8.19. The molecule has 0 bridgehead atoms. The minimum atomic E-state index is -0.507. The molecule has 6 nitrogen and oxygen atoms in total. The van der Waals surface area contributed by atoms with Crippen molar-refractivity contribution in [1.29, 1.82) is 0 Å². The minimum Gasteiger partial charge on any atom is -0.485 e. The first-order valence-corrected chi connectivity index (χ1v) is 15.1. The van der Waals surface area contributed by atoms with Gasteiger partial charge >= 0.3 is 5.97 Å². The summed E-state index contributed by atoms with van der Waals surface area (Å²) >= 11 is 12.1. The van der Waals surface area contributed by atoms with Crippen LogP contribution in [0.2, 0.25) is 10.0 Å². The van der Waals surface area contributed by atoms with Gasteiger partial charge in [-0.05, 0) is 71.0 Å². The standard InChI is InChI=1S/C35H35Cl2NO5/c1-3-30(26-9-5-4-6-10-26)38-31(35(39)40-2)18-23-13-15-32-33(19-23)42-22-34(43-32)27-11-7-8-24(16-27)20-41-21-25-12-14-28(36)29(37)17-25/h4-17,19,30-31,34,38H,3,18,20-22H2,1-2H3/t30?,31-,34?/m0/s1. The van der Waals surface area contributed by atoms with Gasteiger partial charge in [0.25, 0.3) is 0 Å². The summed E-state index contributed by atoms with van der Waals surface area (Å²) in [7, 11) is 1.42. The van der Waals surface area contributed by atoms with Gasteiger partial charge in [0.1, 0.15) is 12.6 Å². The van der Waals surface area contributed by atoms with Gasteiger partial charge in [0.2, 0.25) is 0 Å². The number of methoxy groups -OCH3 is 1. The number of hydrogen-bond donors (Lipinski definition) is 1. The lowest BCUT2D eigenvalue weighted by atomic mass is 10.00. The van der Waals surface area contributed by atoms with E-state index in [9.17, 15) is 4.79 Å². The zero-order valence-electron chi connectivity index (χ0n) is 24.2. The molecule has 3 atom stereocenters. The Morgan fingerprint density at radius 2 is 1.65 bits per heavy atom. The third-order valence-electron chi connectivity index (χ3n) is 7.45. The minimum absolute atomic E-state index is 0.0281. The van der Waals surface area contributed by atoms with Gasteiger partial charge < -0.3 is 18.9 Å². The maximum atomic E-state index is 12.7. The Morgan fingerprint density at radius 1 is 0.884 bits per heavy atom. The van der Waals surface area contributed by atoms with Gasteiger partial charge in [-0.15, -0.1) is 0 Å². The van der Waals surface area contributed by atoms with E-state index < -0.39 is 6.04 Å². The van der Waals surface area contributed by atoms with E-state index in [1.807, 2.05) is 66.7 Å². The highest BCUT2D eigenvalue weighted by Gasteiger charge is 2.26. The molecule has 0 saturated heterocycles. The average Bonchev–Trinajstić information content (AvgIpc) is 3.04. The topological polar surface area (TPSA) is 66.0 Å². The quantitative estimate of drug-likeness (QED) is 0.162. The van der Waals surface area contributed by atoms with Gasteiger partial charge in [-0.1, -0.05) is 90.8 Å². The molecule has 0 aromatic heterocycles. The fraction of sp³-hybridized carbons (Fsp3) is 0.286. The Hall–Kier alpha value is -3.55. The SMILES string of the molecule is CCC(N[C@@H](Cc1ccc2c(c1)OCC(c1cccc(COCc3ccc(Cl)c(Cl)c3)c1)O2)C(=O)OC)c1ccccc1. The highest BCUT2D eigenvalue weighted by Crippen LogP contribution is 2.37. The van der Waals surface area contributed by atoms with Crippen molar-refractivity contribution in [2.45, 2.75) is 51.2 Å². The third kappa shape index (κ3) is 8.09. The number of fused-ring (bicyclic) bond motifs is 1. The Morgan fingerprint density at radius 3 is 2.40 bits per heavy atom. The number of hydrogen-bond acceptors (Lipinski definition) is 6. The second-order valence-electron chi connectivity index (χ2n) is 10.5. The van der Waals surface area contributed by atoms with Crippen molar-refractivity contribution < 1.29 is 23.7 Å². The van der Waals surface area contributed by atoms with Crippen LogP contribution in [0, 0.1) is 0 Å². The fourth-order valence-electron chi connectivity index (χ4n) is 5.17. The number of benzene rings is 4. The zero-order valence-corrected chi connectivity index (χ0v) is 25.7. The molecular weight excluding hydrogens is 585 g/mol. The predicted octanol–water partition coefficient (Wildman–Crippen LogP) is 8.05. The van der Waals surface area contributed by atoms with Gasteiger partial charge in [0, 0.05) is 6.04 Å². The van der Waals surface area contributed by atoms with Gasteiger partial charge in [0.05, 0.1) is 30.4 Å². The first-order chi connectivity index (χ1) is 20.9. The molecule has 0 fully saturated rings. The fourth-order valence-corrected chi connectivity index (χ4v) is 5.49. The van der Waals surface area contributed by atoms with Crippen LogP contribution in [0.5, 0.6) is 11.5 Å². The lowest BCUT2D eigenvalue weighted by molar-refractivity contribution is -0.143. The van der Waals surface area contributed by atoms with Crippen molar-refractivity contribution >= 4 is 29.2 Å². The second kappa shape index (κ2) is 14.8. The molecule has 1 aliphatic heterocycles. The van der Waals surface area contributed by atoms with Crippen molar-refractivity contribution in [1.82, 2.24) is 5.32 Å². The Bertz CT molecular complexity index is 1530. The summed E-state index contributed by atoms with van der Waals surface area (Å²) in [4.78, 5) is 12.7. The highest BCUT2D eigenvalue weighted by atomic mass is 35.5. The van der Waals surface area contributed by atoms with E-state index in [1.54, 1.807) is 6.07 Å². The number of esters is 1. The summed E-state index contributed by atoms with van der Waals surface area (Å²) in [5.41, 5.74) is 5.08. The van der Waals surface area contributed by atoms with Crippen LogP contribution in [0.15, 0.2) is 91.0 Å². The number of carbonyl (C=O) groups excluding carboxylic acids is 1. The van der Waals surface area contributed by atoms with E-state index in [1.165, 1.54) is 7.11 Å². The van der Waals surface area contributed by atoms with Crippen LogP contribution in [-0.4, -0.2) is 25.7 Å². The van der Waals surface area contributed by atoms with Crippen LogP contribution in [0.1, 0.15) is 53.3 Å². The highest BCUT2D eigenvalue weighted by molar-refractivity contribution is 6.42. The van der Waals surface area contributed by atoms with Crippen molar-refractivity contribution in [3.63, 3.8) is 0 Å². The molecule has 1 N–H and O–H groups in total. The molecular formula is C35H35Cl2NO5. The summed E-state index contributed by atoms with van der Waals surface area (Å²) in [5.74, 6) is 1.03. The summed E-state index contributed by atoms with van der Waals surface area (Å²) in [6.45, 7) is 3.34.